The van der Waals surface area contributed by atoms with Crippen LogP contribution < -0.4 is 10.6 Å². The van der Waals surface area contributed by atoms with Gasteiger partial charge in [0.25, 0.3) is 5.91 Å². The SMILES string of the molecule is CC[C@@H](NCCc1ccc(C(=O)N(C)[C@H](C)C(=N)OC(=O)NC)cc1)[C@H](O)c1ccccc1. The molecule has 2 aromatic rings. The monoisotopic (exact) mass is 454 g/mol. The van der Waals surface area contributed by atoms with Gasteiger partial charge in [0.15, 0.2) is 0 Å². The number of nitrogens with zero attached hydrogens (tertiary/aromatic N) is 1. The summed E-state index contributed by atoms with van der Waals surface area (Å²) < 4.78 is 4.82. The average Bonchev–Trinajstić information content (AvgIpc) is 2.85. The second kappa shape index (κ2) is 12.7. The topological polar surface area (TPSA) is 115 Å². The molecule has 8 heteroatoms. The van der Waals surface area contributed by atoms with Crippen LogP contribution in [0.15, 0.2) is 54.6 Å². The molecule has 0 saturated heterocycles. The number of carbonyl (C=O) groups is 2. The number of benzene rings is 2. The molecule has 0 aliphatic heterocycles. The largest absolute Gasteiger partial charge is 0.413 e. The van der Waals surface area contributed by atoms with Crippen LogP contribution in [0.4, 0.5) is 4.79 Å². The molecule has 0 spiro atoms. The van der Waals surface area contributed by atoms with Gasteiger partial charge in [-0.1, -0.05) is 49.4 Å². The maximum absolute atomic E-state index is 12.7. The van der Waals surface area contributed by atoms with Crippen LogP contribution in [0, 0.1) is 5.41 Å². The highest BCUT2D eigenvalue weighted by Crippen LogP contribution is 2.18. The highest BCUT2D eigenvalue weighted by molar-refractivity contribution is 5.98. The molecular formula is C25H34N4O4. The maximum atomic E-state index is 12.7. The van der Waals surface area contributed by atoms with Gasteiger partial charge in [-0.15, -0.1) is 0 Å². The number of aliphatic hydroxyl groups is 1. The number of alkyl carbamates (subject to hydrolysis) is 1. The normalized spacial score (nSPS) is 13.5. The number of rotatable bonds is 10. The van der Waals surface area contributed by atoms with Crippen molar-refractivity contribution in [2.75, 3.05) is 20.6 Å². The third kappa shape index (κ3) is 7.40. The van der Waals surface area contributed by atoms with E-state index in [1.54, 1.807) is 26.1 Å². The molecule has 33 heavy (non-hydrogen) atoms. The summed E-state index contributed by atoms with van der Waals surface area (Å²) in [4.78, 5) is 25.4. The first-order chi connectivity index (χ1) is 15.8. The summed E-state index contributed by atoms with van der Waals surface area (Å²) in [5, 5.41) is 24.2. The Hall–Kier alpha value is -3.23. The zero-order valence-electron chi connectivity index (χ0n) is 19.7. The number of hydrogen-bond acceptors (Lipinski definition) is 6. The van der Waals surface area contributed by atoms with Crippen molar-refractivity contribution in [2.24, 2.45) is 0 Å². The van der Waals surface area contributed by atoms with Crippen molar-refractivity contribution < 1.29 is 19.4 Å². The molecule has 3 atom stereocenters. The van der Waals surface area contributed by atoms with Crippen LogP contribution in [0.1, 0.15) is 47.9 Å². The van der Waals surface area contributed by atoms with Gasteiger partial charge in [0.1, 0.15) is 6.04 Å². The van der Waals surface area contributed by atoms with Gasteiger partial charge >= 0.3 is 6.09 Å². The Morgan fingerprint density at radius 3 is 2.33 bits per heavy atom. The maximum Gasteiger partial charge on any atom is 0.413 e. The number of nitrogens with one attached hydrogen (secondary N) is 3. The van der Waals surface area contributed by atoms with Crippen LogP contribution in [0.2, 0.25) is 0 Å². The predicted molar refractivity (Wildman–Crippen MR) is 128 cm³/mol. The van der Waals surface area contributed by atoms with Crippen LogP contribution in [-0.4, -0.2) is 60.6 Å². The molecule has 0 aliphatic rings. The summed E-state index contributed by atoms with van der Waals surface area (Å²) in [5.41, 5.74) is 2.45. The van der Waals surface area contributed by atoms with Gasteiger partial charge in [-0.05, 0) is 49.6 Å². The Bertz CT molecular complexity index is 918. The van der Waals surface area contributed by atoms with E-state index in [-0.39, 0.29) is 17.8 Å². The van der Waals surface area contributed by atoms with Gasteiger partial charge in [-0.3, -0.25) is 10.2 Å². The van der Waals surface area contributed by atoms with Gasteiger partial charge in [0.05, 0.1) is 6.10 Å². The van der Waals surface area contributed by atoms with E-state index in [2.05, 4.69) is 10.6 Å². The van der Waals surface area contributed by atoms with Crippen molar-refractivity contribution in [1.82, 2.24) is 15.5 Å². The zero-order valence-corrected chi connectivity index (χ0v) is 19.7. The van der Waals surface area contributed by atoms with Crippen LogP contribution in [0.5, 0.6) is 0 Å². The summed E-state index contributed by atoms with van der Waals surface area (Å²) in [6.45, 7) is 4.36. The Kier molecular flexibility index (Phi) is 10.0. The fourth-order valence-corrected chi connectivity index (χ4v) is 3.37. The minimum atomic E-state index is -0.743. The first-order valence-electron chi connectivity index (χ1n) is 11.1. The first-order valence-corrected chi connectivity index (χ1v) is 11.1. The molecule has 0 aliphatic carbocycles. The lowest BCUT2D eigenvalue weighted by atomic mass is 10.00. The summed E-state index contributed by atoms with van der Waals surface area (Å²) in [6, 6.07) is 16.2. The molecule has 0 bridgehead atoms. The van der Waals surface area contributed by atoms with Crippen molar-refractivity contribution in [1.29, 1.82) is 5.41 Å². The standard InChI is InChI=1S/C25H34N4O4/c1-5-21(22(30)19-9-7-6-8-10-19)28-16-15-18-11-13-20(14-12-18)24(31)29(4)17(2)23(26)33-25(32)27-3/h6-14,17,21-22,26,28,30H,5,15-16H2,1-4H3,(H,27,32)/t17-,21-,22-/m1/s1. The second-order valence-electron chi connectivity index (χ2n) is 7.87. The van der Waals surface area contributed by atoms with E-state index in [0.29, 0.717) is 12.1 Å². The lowest BCUT2D eigenvalue weighted by molar-refractivity contribution is 0.0765. The predicted octanol–water partition coefficient (Wildman–Crippen LogP) is 3.12. The van der Waals surface area contributed by atoms with E-state index in [1.165, 1.54) is 11.9 Å². The van der Waals surface area contributed by atoms with E-state index in [0.717, 1.165) is 24.0 Å². The van der Waals surface area contributed by atoms with E-state index >= 15 is 0 Å². The van der Waals surface area contributed by atoms with Crippen molar-refractivity contribution >= 4 is 17.9 Å². The Balaban J connectivity index is 1.89. The smallest absolute Gasteiger partial charge is 0.394 e. The summed E-state index contributed by atoms with van der Waals surface area (Å²) in [5.74, 6) is -0.578. The summed E-state index contributed by atoms with van der Waals surface area (Å²) in [6.07, 6.45) is 0.239. The van der Waals surface area contributed by atoms with Gasteiger partial charge in [0.2, 0.25) is 5.90 Å². The van der Waals surface area contributed by atoms with Gasteiger partial charge in [-0.2, -0.15) is 0 Å². The number of hydrogen-bond donors (Lipinski definition) is 4. The second-order valence-corrected chi connectivity index (χ2v) is 7.87. The third-order valence-corrected chi connectivity index (χ3v) is 5.67. The van der Waals surface area contributed by atoms with Crippen LogP contribution in [-0.2, 0) is 11.2 Å². The first kappa shape index (κ1) is 26.0. The lowest BCUT2D eigenvalue weighted by Gasteiger charge is -2.25. The quantitative estimate of drug-likeness (QED) is 0.325. The van der Waals surface area contributed by atoms with Crippen molar-refractivity contribution in [2.45, 2.75) is 44.9 Å². The van der Waals surface area contributed by atoms with Crippen molar-refractivity contribution in [3.8, 4) is 0 Å². The number of carbonyl (C=O) groups excluding carboxylic acids is 2. The fraction of sp³-hybridized carbons (Fsp3) is 0.400. The lowest BCUT2D eigenvalue weighted by Crippen LogP contribution is -2.42. The van der Waals surface area contributed by atoms with Crippen LogP contribution in [0.3, 0.4) is 0 Å². The Morgan fingerprint density at radius 1 is 1.12 bits per heavy atom. The molecule has 178 valence electrons. The number of ether oxygens (including phenoxy) is 1. The minimum Gasteiger partial charge on any atom is -0.394 e. The molecule has 0 unspecified atom stereocenters. The third-order valence-electron chi connectivity index (χ3n) is 5.67. The van der Waals surface area contributed by atoms with Gasteiger partial charge in [-0.25, -0.2) is 4.79 Å². The Morgan fingerprint density at radius 2 is 1.76 bits per heavy atom. The Labute approximate surface area is 195 Å². The molecule has 0 fully saturated rings. The summed E-state index contributed by atoms with van der Waals surface area (Å²) >= 11 is 0. The molecule has 8 nitrogen and oxygen atoms in total. The zero-order chi connectivity index (χ0) is 24.4. The van der Waals surface area contributed by atoms with E-state index < -0.39 is 18.2 Å². The van der Waals surface area contributed by atoms with Gasteiger partial charge in [0, 0.05) is 25.7 Å². The molecule has 4 N–H and O–H groups in total. The molecule has 0 aromatic heterocycles. The van der Waals surface area contributed by atoms with Crippen LogP contribution in [0.25, 0.3) is 0 Å². The molecule has 2 aromatic carbocycles. The fourth-order valence-electron chi connectivity index (χ4n) is 3.37. The molecule has 0 radical (unpaired) electrons. The molecule has 2 rings (SSSR count). The van der Waals surface area contributed by atoms with Crippen molar-refractivity contribution in [3.05, 3.63) is 71.3 Å². The van der Waals surface area contributed by atoms with E-state index in [4.69, 9.17) is 10.1 Å². The number of likely N-dealkylation sites (N-methyl/N-ethyl adjacent to an activating group) is 1. The van der Waals surface area contributed by atoms with Crippen molar-refractivity contribution in [3.63, 3.8) is 0 Å². The van der Waals surface area contributed by atoms with Crippen LogP contribution >= 0.6 is 0 Å². The highest BCUT2D eigenvalue weighted by atomic mass is 16.6. The van der Waals surface area contributed by atoms with E-state index in [1.807, 2.05) is 49.4 Å². The number of aliphatic hydroxyl groups excluding tert-OH is 1. The minimum absolute atomic E-state index is 0.0456. The molecular weight excluding hydrogens is 420 g/mol. The van der Waals surface area contributed by atoms with E-state index in [9.17, 15) is 14.7 Å². The average molecular weight is 455 g/mol. The molecule has 0 heterocycles. The molecule has 0 saturated carbocycles. The number of amides is 2. The van der Waals surface area contributed by atoms with Gasteiger partial charge < -0.3 is 25.4 Å². The summed E-state index contributed by atoms with van der Waals surface area (Å²) in [7, 11) is 2.97. The highest BCUT2D eigenvalue weighted by Gasteiger charge is 2.23. The molecule has 2 amide bonds.